The topological polar surface area (TPSA) is 102 Å². The van der Waals surface area contributed by atoms with E-state index in [-0.39, 0.29) is 42.8 Å². The van der Waals surface area contributed by atoms with E-state index in [4.69, 9.17) is 14.2 Å². The standard InChI is InChI=1S/C46H45N5O6.ClH/c1-47-17-15-30-9-10-34(23-41(30)47)51(33-11-13-36(52)14-12-33)46(54)39-24-42(49-16-5-4-8-40(39)49)37-25-43-44(57-29-56-43)26-38(37)45(53)50-27-32-7-3-2-6-31(32)22-35(50)28-48-18-20-55-21-19-48;/h2-3,6-7,9-15,17,23-26,35,52H,4-5,8,16,18-22,27-29H2,1H3;1H/t35-;/m0./s1. The molecule has 1 fully saturated rings. The molecule has 4 aromatic carbocycles. The van der Waals surface area contributed by atoms with Gasteiger partial charge in [-0.15, -0.1) is 12.4 Å². The van der Waals surface area contributed by atoms with E-state index in [1.807, 2.05) is 65.2 Å². The largest absolute Gasteiger partial charge is 0.508 e. The van der Waals surface area contributed by atoms with Crippen LogP contribution in [0, 0.1) is 0 Å². The summed E-state index contributed by atoms with van der Waals surface area (Å²) in [6, 6.07) is 29.0. The first kappa shape index (κ1) is 37.8. The Balaban J connectivity index is 0.00000436. The number of morpholine rings is 1. The number of halogens is 1. The minimum Gasteiger partial charge on any atom is -0.508 e. The Kier molecular flexibility index (Phi) is 10.1. The van der Waals surface area contributed by atoms with E-state index in [0.29, 0.717) is 60.3 Å². The Hall–Kier alpha value is -5.75. The normalized spacial score (nSPS) is 17.4. The summed E-state index contributed by atoms with van der Waals surface area (Å²) in [5.74, 6) is 0.989. The van der Waals surface area contributed by atoms with Crippen LogP contribution in [0.2, 0.25) is 0 Å². The molecule has 4 aliphatic heterocycles. The summed E-state index contributed by atoms with van der Waals surface area (Å²) in [4.78, 5) is 36.7. The van der Waals surface area contributed by atoms with Gasteiger partial charge in [0.1, 0.15) is 5.75 Å². The molecular weight excluding hydrogens is 754 g/mol. The van der Waals surface area contributed by atoms with Crippen LogP contribution in [0.4, 0.5) is 11.4 Å². The van der Waals surface area contributed by atoms with Gasteiger partial charge >= 0.3 is 0 Å². The lowest BCUT2D eigenvalue weighted by atomic mass is 9.92. The van der Waals surface area contributed by atoms with Gasteiger partial charge in [-0.25, -0.2) is 0 Å². The van der Waals surface area contributed by atoms with Gasteiger partial charge < -0.3 is 33.4 Å². The van der Waals surface area contributed by atoms with Crippen molar-refractivity contribution in [3.63, 3.8) is 0 Å². The molecular formula is C46H46ClN5O6. The molecule has 6 heterocycles. The van der Waals surface area contributed by atoms with Gasteiger partial charge in [0.25, 0.3) is 11.8 Å². The van der Waals surface area contributed by atoms with E-state index in [2.05, 4.69) is 33.7 Å². The second-order valence-electron chi connectivity index (χ2n) is 15.5. The van der Waals surface area contributed by atoms with Crippen molar-refractivity contribution in [1.82, 2.24) is 18.9 Å². The maximum absolute atomic E-state index is 15.3. The highest BCUT2D eigenvalue weighted by atomic mass is 35.5. The highest BCUT2D eigenvalue weighted by Crippen LogP contribution is 2.43. The molecule has 0 unspecified atom stereocenters. The van der Waals surface area contributed by atoms with Crippen LogP contribution in [-0.2, 0) is 37.7 Å². The van der Waals surface area contributed by atoms with Gasteiger partial charge in [0.15, 0.2) is 11.5 Å². The van der Waals surface area contributed by atoms with E-state index in [1.165, 1.54) is 5.56 Å². The number of aromatic hydroxyl groups is 1. The zero-order valence-corrected chi connectivity index (χ0v) is 33.2. The van der Waals surface area contributed by atoms with Gasteiger partial charge in [-0.3, -0.25) is 19.4 Å². The average Bonchev–Trinajstić information content (AvgIpc) is 3.98. The Morgan fingerprint density at radius 3 is 2.40 bits per heavy atom. The van der Waals surface area contributed by atoms with Gasteiger partial charge in [0, 0.05) is 80.2 Å². The molecule has 298 valence electrons. The summed E-state index contributed by atoms with van der Waals surface area (Å²) in [7, 11) is 1.99. The number of nitrogens with zero attached hydrogens (tertiary/aromatic N) is 5. The van der Waals surface area contributed by atoms with Crippen molar-refractivity contribution >= 4 is 46.5 Å². The number of anilines is 2. The highest BCUT2D eigenvalue weighted by molar-refractivity contribution is 6.13. The number of rotatable bonds is 7. The van der Waals surface area contributed by atoms with Crippen LogP contribution in [0.15, 0.2) is 97.2 Å². The third-order valence-electron chi connectivity index (χ3n) is 12.1. The second kappa shape index (κ2) is 15.5. The van der Waals surface area contributed by atoms with Crippen molar-refractivity contribution in [3.8, 4) is 28.5 Å². The van der Waals surface area contributed by atoms with E-state index >= 15 is 9.59 Å². The maximum atomic E-state index is 15.3. The number of ether oxygens (including phenoxy) is 3. The molecule has 4 aliphatic rings. The molecule has 2 amide bonds. The van der Waals surface area contributed by atoms with Crippen LogP contribution in [0.3, 0.4) is 0 Å². The lowest BCUT2D eigenvalue weighted by molar-refractivity contribution is 0.0193. The average molecular weight is 800 g/mol. The summed E-state index contributed by atoms with van der Waals surface area (Å²) in [5.41, 5.74) is 8.36. The number of hydrogen-bond acceptors (Lipinski definition) is 7. The van der Waals surface area contributed by atoms with Crippen molar-refractivity contribution in [2.24, 2.45) is 7.05 Å². The number of amides is 2. The van der Waals surface area contributed by atoms with Gasteiger partial charge in [-0.1, -0.05) is 30.3 Å². The summed E-state index contributed by atoms with van der Waals surface area (Å²) in [6.45, 7) is 5.10. The van der Waals surface area contributed by atoms with E-state index in [9.17, 15) is 5.11 Å². The third kappa shape index (κ3) is 6.76. The van der Waals surface area contributed by atoms with Crippen molar-refractivity contribution in [2.75, 3.05) is 44.5 Å². The number of hydrogen-bond donors (Lipinski definition) is 1. The predicted molar refractivity (Wildman–Crippen MR) is 225 cm³/mol. The lowest BCUT2D eigenvalue weighted by Crippen LogP contribution is -2.52. The van der Waals surface area contributed by atoms with E-state index < -0.39 is 0 Å². The molecule has 11 nitrogen and oxygen atoms in total. The highest BCUT2D eigenvalue weighted by Gasteiger charge is 2.36. The number of benzene rings is 4. The smallest absolute Gasteiger partial charge is 0.264 e. The molecule has 0 aliphatic carbocycles. The molecule has 1 atom stereocenters. The third-order valence-corrected chi connectivity index (χ3v) is 12.1. The number of carbonyl (C=O) groups excluding carboxylic acids is 2. The van der Waals surface area contributed by atoms with E-state index in [0.717, 1.165) is 78.7 Å². The predicted octanol–water partition coefficient (Wildman–Crippen LogP) is 7.72. The van der Waals surface area contributed by atoms with Crippen LogP contribution in [0.5, 0.6) is 17.2 Å². The minimum atomic E-state index is -0.182. The van der Waals surface area contributed by atoms with Gasteiger partial charge in [-0.05, 0) is 103 Å². The molecule has 1 N–H and O–H groups in total. The number of aromatic nitrogens is 2. The van der Waals surface area contributed by atoms with Gasteiger partial charge in [-0.2, -0.15) is 0 Å². The molecule has 58 heavy (non-hydrogen) atoms. The van der Waals surface area contributed by atoms with E-state index in [1.54, 1.807) is 29.2 Å². The Labute approximate surface area is 343 Å². The van der Waals surface area contributed by atoms with Crippen LogP contribution in [0.25, 0.3) is 22.2 Å². The lowest BCUT2D eigenvalue weighted by Gasteiger charge is -2.40. The molecule has 2 aromatic heterocycles. The fraction of sp³-hybridized carbons (Fsp3) is 0.304. The molecule has 0 spiro atoms. The summed E-state index contributed by atoms with van der Waals surface area (Å²) in [6.07, 6.45) is 5.39. The molecule has 10 rings (SSSR count). The molecule has 6 aromatic rings. The quantitative estimate of drug-likeness (QED) is 0.177. The minimum absolute atomic E-state index is 0. The molecule has 0 radical (unpaired) electrons. The summed E-state index contributed by atoms with van der Waals surface area (Å²) < 4.78 is 21.8. The number of phenols is 1. The first-order chi connectivity index (χ1) is 27.9. The number of aryl methyl sites for hydroxylation is 1. The van der Waals surface area contributed by atoms with Crippen molar-refractivity contribution < 1.29 is 28.9 Å². The number of fused-ring (bicyclic) bond motifs is 4. The van der Waals surface area contributed by atoms with Crippen LogP contribution in [-0.4, -0.2) is 81.5 Å². The molecule has 0 bridgehead atoms. The number of phenolic OH excluding ortho intramolecular Hbond substituents is 1. The monoisotopic (exact) mass is 799 g/mol. The Morgan fingerprint density at radius 2 is 1.59 bits per heavy atom. The van der Waals surface area contributed by atoms with Crippen molar-refractivity contribution in [3.05, 3.63) is 125 Å². The Morgan fingerprint density at radius 1 is 0.828 bits per heavy atom. The van der Waals surface area contributed by atoms with Crippen molar-refractivity contribution in [1.29, 1.82) is 0 Å². The second-order valence-corrected chi connectivity index (χ2v) is 15.5. The fourth-order valence-electron chi connectivity index (χ4n) is 9.14. The SMILES string of the molecule is Cl.Cn1ccc2ccc(N(C(=O)c3cc(-c4cc5c(cc4C(=O)N4Cc6ccccc6C[C@H]4CN4CCOCC4)OCO5)n4c3CCCC4)c3ccc(O)cc3)cc21. The van der Waals surface area contributed by atoms with Gasteiger partial charge in [0.05, 0.1) is 30.0 Å². The van der Waals surface area contributed by atoms with Crippen LogP contribution < -0.4 is 14.4 Å². The van der Waals surface area contributed by atoms with Crippen LogP contribution >= 0.6 is 12.4 Å². The number of carbonyl (C=O) groups is 2. The van der Waals surface area contributed by atoms with Crippen LogP contribution in [0.1, 0.15) is 50.4 Å². The molecule has 0 saturated carbocycles. The Bertz CT molecular complexity index is 2520. The molecule has 12 heteroatoms. The van der Waals surface area contributed by atoms with Crippen molar-refractivity contribution in [2.45, 2.75) is 44.8 Å². The van der Waals surface area contributed by atoms with Gasteiger partial charge in [0.2, 0.25) is 6.79 Å². The first-order valence-corrected chi connectivity index (χ1v) is 19.9. The molecule has 1 saturated heterocycles. The maximum Gasteiger partial charge on any atom is 0.264 e. The summed E-state index contributed by atoms with van der Waals surface area (Å²) >= 11 is 0. The first-order valence-electron chi connectivity index (χ1n) is 19.9. The zero-order chi connectivity index (χ0) is 38.6. The summed E-state index contributed by atoms with van der Waals surface area (Å²) in [5, 5.41) is 11.3. The zero-order valence-electron chi connectivity index (χ0n) is 32.4. The fourth-order valence-corrected chi connectivity index (χ4v) is 9.14.